The van der Waals surface area contributed by atoms with Crippen molar-refractivity contribution in [1.82, 2.24) is 4.90 Å². The Morgan fingerprint density at radius 2 is 2.17 bits per heavy atom. The molecule has 0 heterocycles. The van der Waals surface area contributed by atoms with E-state index in [1.54, 1.807) is 0 Å². The summed E-state index contributed by atoms with van der Waals surface area (Å²) in [7, 11) is 2.03. The van der Waals surface area contributed by atoms with Gasteiger partial charge in [-0.25, -0.2) is 0 Å². The third kappa shape index (κ3) is 5.97. The Balaban J connectivity index is 3.50. The normalized spacial score (nSPS) is 12.9. The van der Waals surface area contributed by atoms with Crippen molar-refractivity contribution in [2.24, 2.45) is 16.8 Å². The fraction of sp³-hybridized carbons (Fsp3) is 0.875. The topological polar surface area (TPSA) is 61.8 Å². The molecule has 0 amide bonds. The maximum absolute atomic E-state index is 8.27. The largest absolute Gasteiger partial charge is 0.409 e. The Labute approximate surface area is 74.0 Å². The monoisotopic (exact) mass is 173 g/mol. The minimum absolute atomic E-state index is 0.297. The van der Waals surface area contributed by atoms with Gasteiger partial charge in [0.15, 0.2) is 0 Å². The zero-order chi connectivity index (χ0) is 9.56. The standard InChI is InChI=1S/C8H19N3O/c1-7(2)6-11(3)5-4-8(9)10-12/h7,12H,4-6H2,1-3H3,(H2,9,10). The molecule has 0 rings (SSSR count). The minimum atomic E-state index is 0.297. The predicted octanol–water partition coefficient (Wildman–Crippen LogP) is 0.711. The first kappa shape index (κ1) is 11.2. The summed E-state index contributed by atoms with van der Waals surface area (Å²) in [6.45, 7) is 6.22. The molecule has 0 aromatic rings. The molecular weight excluding hydrogens is 154 g/mol. The van der Waals surface area contributed by atoms with E-state index in [4.69, 9.17) is 10.9 Å². The highest BCUT2D eigenvalue weighted by atomic mass is 16.4. The Kier molecular flexibility index (Phi) is 5.45. The van der Waals surface area contributed by atoms with E-state index in [2.05, 4.69) is 23.9 Å². The molecule has 4 nitrogen and oxygen atoms in total. The maximum Gasteiger partial charge on any atom is 0.140 e. The van der Waals surface area contributed by atoms with Gasteiger partial charge < -0.3 is 15.8 Å². The molecule has 0 saturated carbocycles. The van der Waals surface area contributed by atoms with Gasteiger partial charge in [0.2, 0.25) is 0 Å². The van der Waals surface area contributed by atoms with E-state index < -0.39 is 0 Å². The number of nitrogens with zero attached hydrogens (tertiary/aromatic N) is 2. The van der Waals surface area contributed by atoms with E-state index in [-0.39, 0.29) is 0 Å². The zero-order valence-corrected chi connectivity index (χ0v) is 8.12. The molecular formula is C8H19N3O. The Bertz CT molecular complexity index is 145. The van der Waals surface area contributed by atoms with Crippen LogP contribution in [-0.2, 0) is 0 Å². The van der Waals surface area contributed by atoms with Gasteiger partial charge in [0.05, 0.1) is 0 Å². The van der Waals surface area contributed by atoms with Crippen LogP contribution in [0.2, 0.25) is 0 Å². The van der Waals surface area contributed by atoms with Crippen molar-refractivity contribution in [1.29, 1.82) is 0 Å². The lowest BCUT2D eigenvalue weighted by Crippen LogP contribution is -2.27. The van der Waals surface area contributed by atoms with Gasteiger partial charge >= 0.3 is 0 Å². The first-order valence-corrected chi connectivity index (χ1v) is 4.21. The Morgan fingerprint density at radius 1 is 1.58 bits per heavy atom. The molecule has 0 aromatic carbocycles. The van der Waals surface area contributed by atoms with E-state index in [0.717, 1.165) is 13.1 Å². The summed E-state index contributed by atoms with van der Waals surface area (Å²) < 4.78 is 0. The van der Waals surface area contributed by atoms with Gasteiger partial charge in [-0.15, -0.1) is 0 Å². The lowest BCUT2D eigenvalue weighted by molar-refractivity contribution is 0.295. The molecule has 0 aliphatic rings. The third-order valence-electron chi connectivity index (χ3n) is 1.55. The van der Waals surface area contributed by atoms with Crippen LogP contribution in [-0.4, -0.2) is 36.1 Å². The average molecular weight is 173 g/mol. The van der Waals surface area contributed by atoms with Gasteiger partial charge in [0.25, 0.3) is 0 Å². The van der Waals surface area contributed by atoms with Gasteiger partial charge in [0, 0.05) is 19.5 Å². The van der Waals surface area contributed by atoms with Gasteiger partial charge in [-0.3, -0.25) is 0 Å². The van der Waals surface area contributed by atoms with Gasteiger partial charge in [-0.2, -0.15) is 0 Å². The third-order valence-corrected chi connectivity index (χ3v) is 1.55. The summed E-state index contributed by atoms with van der Waals surface area (Å²) in [5.74, 6) is 0.952. The van der Waals surface area contributed by atoms with Crippen LogP contribution in [0.4, 0.5) is 0 Å². The highest BCUT2D eigenvalue weighted by molar-refractivity contribution is 5.79. The Morgan fingerprint density at radius 3 is 2.58 bits per heavy atom. The molecule has 0 unspecified atom stereocenters. The van der Waals surface area contributed by atoms with Gasteiger partial charge in [0.1, 0.15) is 5.84 Å². The highest BCUT2D eigenvalue weighted by Gasteiger charge is 2.02. The van der Waals surface area contributed by atoms with E-state index in [9.17, 15) is 0 Å². The lowest BCUT2D eigenvalue weighted by atomic mass is 10.2. The summed E-state index contributed by atoms with van der Waals surface area (Å²) in [6.07, 6.45) is 0.625. The number of oxime groups is 1. The smallest absolute Gasteiger partial charge is 0.140 e. The second-order valence-electron chi connectivity index (χ2n) is 3.50. The molecule has 0 fully saturated rings. The van der Waals surface area contributed by atoms with E-state index in [0.29, 0.717) is 18.2 Å². The quantitative estimate of drug-likeness (QED) is 0.278. The van der Waals surface area contributed by atoms with Crippen LogP contribution in [0.5, 0.6) is 0 Å². The molecule has 0 aromatic heterocycles. The molecule has 0 radical (unpaired) electrons. The molecule has 0 spiro atoms. The second kappa shape index (κ2) is 5.83. The van der Waals surface area contributed by atoms with Crippen molar-refractivity contribution in [3.05, 3.63) is 0 Å². The number of amidine groups is 1. The maximum atomic E-state index is 8.27. The van der Waals surface area contributed by atoms with Crippen LogP contribution >= 0.6 is 0 Å². The minimum Gasteiger partial charge on any atom is -0.409 e. The molecule has 72 valence electrons. The SMILES string of the molecule is CC(C)CN(C)CC/C(N)=N/O. The first-order chi connectivity index (χ1) is 5.56. The van der Waals surface area contributed by atoms with Crippen LogP contribution in [0.15, 0.2) is 5.16 Å². The number of rotatable bonds is 5. The molecule has 0 aliphatic carbocycles. The summed E-state index contributed by atoms with van der Waals surface area (Å²) in [6, 6.07) is 0. The molecule has 0 bridgehead atoms. The average Bonchev–Trinajstić information content (AvgIpc) is 1.99. The molecule has 4 heteroatoms. The van der Waals surface area contributed by atoms with Crippen molar-refractivity contribution < 1.29 is 5.21 Å². The van der Waals surface area contributed by atoms with Crippen LogP contribution in [0.1, 0.15) is 20.3 Å². The molecule has 0 saturated heterocycles. The number of nitrogens with two attached hydrogens (primary N) is 1. The van der Waals surface area contributed by atoms with E-state index in [1.165, 1.54) is 0 Å². The molecule has 12 heavy (non-hydrogen) atoms. The summed E-state index contributed by atoms with van der Waals surface area (Å²) in [5.41, 5.74) is 5.33. The van der Waals surface area contributed by atoms with Crippen LogP contribution < -0.4 is 5.73 Å². The van der Waals surface area contributed by atoms with Crippen molar-refractivity contribution in [3.8, 4) is 0 Å². The molecule has 0 atom stereocenters. The number of hydrogen-bond acceptors (Lipinski definition) is 3. The second-order valence-corrected chi connectivity index (χ2v) is 3.50. The molecule has 3 N–H and O–H groups in total. The molecule has 0 aliphatic heterocycles. The van der Waals surface area contributed by atoms with Gasteiger partial charge in [-0.1, -0.05) is 19.0 Å². The van der Waals surface area contributed by atoms with Crippen molar-refractivity contribution in [3.63, 3.8) is 0 Å². The van der Waals surface area contributed by atoms with Crippen LogP contribution in [0.25, 0.3) is 0 Å². The summed E-state index contributed by atoms with van der Waals surface area (Å²) >= 11 is 0. The van der Waals surface area contributed by atoms with Crippen LogP contribution in [0, 0.1) is 5.92 Å². The fourth-order valence-corrected chi connectivity index (χ4v) is 1.07. The van der Waals surface area contributed by atoms with Crippen LogP contribution in [0.3, 0.4) is 0 Å². The first-order valence-electron chi connectivity index (χ1n) is 4.21. The zero-order valence-electron chi connectivity index (χ0n) is 8.12. The van der Waals surface area contributed by atoms with E-state index in [1.807, 2.05) is 7.05 Å². The fourth-order valence-electron chi connectivity index (χ4n) is 1.07. The Hall–Kier alpha value is -0.770. The van der Waals surface area contributed by atoms with E-state index >= 15 is 0 Å². The number of hydrogen-bond donors (Lipinski definition) is 2. The van der Waals surface area contributed by atoms with Gasteiger partial charge in [-0.05, 0) is 13.0 Å². The predicted molar refractivity (Wildman–Crippen MR) is 50.4 cm³/mol. The summed E-state index contributed by atoms with van der Waals surface area (Å²) in [4.78, 5) is 2.17. The lowest BCUT2D eigenvalue weighted by Gasteiger charge is -2.17. The summed E-state index contributed by atoms with van der Waals surface area (Å²) in [5, 5.41) is 11.2. The van der Waals surface area contributed by atoms with Crippen molar-refractivity contribution in [2.75, 3.05) is 20.1 Å². The highest BCUT2D eigenvalue weighted by Crippen LogP contribution is 1.96. The van der Waals surface area contributed by atoms with Crippen molar-refractivity contribution >= 4 is 5.84 Å². The van der Waals surface area contributed by atoms with Crippen molar-refractivity contribution in [2.45, 2.75) is 20.3 Å².